The summed E-state index contributed by atoms with van der Waals surface area (Å²) in [6.45, 7) is 2.47. The standard InChI is InChI=1S/C17H16N2O2/c1-2-21-15-8-4-7-14-16(15)13(10-19-14)17(20)11-5-3-6-12(18)9-11/h3-10,19H,2,18H2,1H3. The molecule has 3 rings (SSSR count). The van der Waals surface area contributed by atoms with E-state index in [1.165, 1.54) is 0 Å². The average Bonchev–Trinajstić information content (AvgIpc) is 2.92. The summed E-state index contributed by atoms with van der Waals surface area (Å²) in [5.41, 5.74) is 8.38. The van der Waals surface area contributed by atoms with Gasteiger partial charge in [-0.2, -0.15) is 0 Å². The van der Waals surface area contributed by atoms with Crippen molar-refractivity contribution in [3.63, 3.8) is 0 Å². The van der Waals surface area contributed by atoms with Crippen molar-refractivity contribution < 1.29 is 9.53 Å². The molecule has 0 aliphatic carbocycles. The van der Waals surface area contributed by atoms with Crippen LogP contribution in [0.4, 0.5) is 5.69 Å². The van der Waals surface area contributed by atoms with Crippen LogP contribution in [0.15, 0.2) is 48.7 Å². The van der Waals surface area contributed by atoms with Crippen LogP contribution in [0.5, 0.6) is 5.75 Å². The number of carbonyl (C=O) groups excluding carboxylic acids is 1. The van der Waals surface area contributed by atoms with Gasteiger partial charge in [-0.3, -0.25) is 4.79 Å². The topological polar surface area (TPSA) is 68.1 Å². The van der Waals surface area contributed by atoms with Crippen molar-refractivity contribution in [2.24, 2.45) is 0 Å². The molecule has 0 aliphatic rings. The molecule has 0 unspecified atom stereocenters. The second-order valence-electron chi connectivity index (χ2n) is 4.77. The molecule has 0 spiro atoms. The number of nitrogen functional groups attached to an aromatic ring is 1. The summed E-state index contributed by atoms with van der Waals surface area (Å²) in [6, 6.07) is 12.7. The molecular formula is C17H16N2O2. The highest BCUT2D eigenvalue weighted by Gasteiger charge is 2.17. The minimum absolute atomic E-state index is 0.0688. The van der Waals surface area contributed by atoms with Crippen molar-refractivity contribution in [1.82, 2.24) is 4.98 Å². The Bertz CT molecular complexity index is 805. The van der Waals surface area contributed by atoms with E-state index in [0.717, 1.165) is 10.9 Å². The smallest absolute Gasteiger partial charge is 0.195 e. The summed E-state index contributed by atoms with van der Waals surface area (Å²) in [5.74, 6) is 0.643. The van der Waals surface area contributed by atoms with Crippen LogP contribution in [0.25, 0.3) is 10.9 Å². The molecule has 0 amide bonds. The number of aromatic nitrogens is 1. The van der Waals surface area contributed by atoms with Crippen molar-refractivity contribution in [3.05, 3.63) is 59.8 Å². The molecule has 0 aliphatic heterocycles. The van der Waals surface area contributed by atoms with Crippen LogP contribution in [0.1, 0.15) is 22.8 Å². The van der Waals surface area contributed by atoms with Crippen LogP contribution in [0.3, 0.4) is 0 Å². The highest BCUT2D eigenvalue weighted by Crippen LogP contribution is 2.30. The van der Waals surface area contributed by atoms with E-state index in [1.807, 2.05) is 25.1 Å². The fraction of sp³-hybridized carbons (Fsp3) is 0.118. The first-order valence-electron chi connectivity index (χ1n) is 6.84. The first kappa shape index (κ1) is 13.2. The van der Waals surface area contributed by atoms with Gasteiger partial charge in [-0.25, -0.2) is 0 Å². The number of hydrogen-bond acceptors (Lipinski definition) is 3. The van der Waals surface area contributed by atoms with Gasteiger partial charge in [0, 0.05) is 23.0 Å². The molecule has 3 N–H and O–H groups in total. The largest absolute Gasteiger partial charge is 0.493 e. The van der Waals surface area contributed by atoms with Gasteiger partial charge < -0.3 is 15.5 Å². The van der Waals surface area contributed by atoms with Crippen molar-refractivity contribution >= 4 is 22.4 Å². The number of anilines is 1. The number of aromatic amines is 1. The number of carbonyl (C=O) groups is 1. The summed E-state index contributed by atoms with van der Waals surface area (Å²) >= 11 is 0. The third kappa shape index (κ3) is 2.36. The first-order chi connectivity index (χ1) is 10.2. The van der Waals surface area contributed by atoms with Crippen molar-refractivity contribution in [3.8, 4) is 5.75 Å². The van der Waals surface area contributed by atoms with Crippen LogP contribution in [0.2, 0.25) is 0 Å². The predicted octanol–water partition coefficient (Wildman–Crippen LogP) is 3.38. The molecule has 0 atom stereocenters. The zero-order valence-corrected chi connectivity index (χ0v) is 11.7. The Kier molecular flexibility index (Phi) is 3.36. The van der Waals surface area contributed by atoms with Gasteiger partial charge in [-0.1, -0.05) is 18.2 Å². The van der Waals surface area contributed by atoms with E-state index in [4.69, 9.17) is 10.5 Å². The third-order valence-electron chi connectivity index (χ3n) is 3.36. The van der Waals surface area contributed by atoms with Crippen LogP contribution in [-0.4, -0.2) is 17.4 Å². The van der Waals surface area contributed by atoms with Crippen molar-refractivity contribution in [1.29, 1.82) is 0 Å². The molecule has 106 valence electrons. The quantitative estimate of drug-likeness (QED) is 0.568. The van der Waals surface area contributed by atoms with Crippen LogP contribution >= 0.6 is 0 Å². The maximum Gasteiger partial charge on any atom is 0.195 e. The van der Waals surface area contributed by atoms with Crippen molar-refractivity contribution in [2.45, 2.75) is 6.92 Å². The monoisotopic (exact) mass is 280 g/mol. The van der Waals surface area contributed by atoms with Gasteiger partial charge in [0.15, 0.2) is 5.78 Å². The Morgan fingerprint density at radius 1 is 1.24 bits per heavy atom. The number of nitrogens with one attached hydrogen (secondary N) is 1. The van der Waals surface area contributed by atoms with Gasteiger partial charge >= 0.3 is 0 Å². The number of rotatable bonds is 4. The van der Waals surface area contributed by atoms with Gasteiger partial charge in [0.1, 0.15) is 5.75 Å². The Balaban J connectivity index is 2.14. The van der Waals surface area contributed by atoms with E-state index in [0.29, 0.717) is 29.2 Å². The van der Waals surface area contributed by atoms with Gasteiger partial charge in [0.25, 0.3) is 0 Å². The SMILES string of the molecule is CCOc1cccc2[nH]cc(C(=O)c3cccc(N)c3)c12. The Hall–Kier alpha value is -2.75. The van der Waals surface area contributed by atoms with Gasteiger partial charge in [-0.05, 0) is 31.2 Å². The lowest BCUT2D eigenvalue weighted by molar-refractivity contribution is 0.104. The second kappa shape index (κ2) is 5.32. The van der Waals surface area contributed by atoms with Crippen LogP contribution in [-0.2, 0) is 0 Å². The van der Waals surface area contributed by atoms with E-state index < -0.39 is 0 Å². The number of ether oxygens (including phenoxy) is 1. The number of H-pyrrole nitrogens is 1. The maximum atomic E-state index is 12.7. The minimum Gasteiger partial charge on any atom is -0.493 e. The molecule has 3 aromatic rings. The van der Waals surface area contributed by atoms with Gasteiger partial charge in [0.2, 0.25) is 0 Å². The summed E-state index contributed by atoms with van der Waals surface area (Å²) in [5, 5.41) is 0.812. The maximum absolute atomic E-state index is 12.7. The zero-order chi connectivity index (χ0) is 14.8. The molecule has 1 aromatic heterocycles. The summed E-state index contributed by atoms with van der Waals surface area (Å²) in [4.78, 5) is 15.8. The van der Waals surface area contributed by atoms with E-state index in [-0.39, 0.29) is 5.78 Å². The average molecular weight is 280 g/mol. The lowest BCUT2D eigenvalue weighted by Gasteiger charge is -2.07. The molecule has 0 radical (unpaired) electrons. The number of fused-ring (bicyclic) bond motifs is 1. The third-order valence-corrected chi connectivity index (χ3v) is 3.36. The number of ketones is 1. The highest BCUT2D eigenvalue weighted by molar-refractivity contribution is 6.17. The van der Waals surface area contributed by atoms with Crippen LogP contribution < -0.4 is 10.5 Å². The van der Waals surface area contributed by atoms with Crippen LogP contribution in [0, 0.1) is 0 Å². The van der Waals surface area contributed by atoms with E-state index in [2.05, 4.69) is 4.98 Å². The van der Waals surface area contributed by atoms with Crippen molar-refractivity contribution in [2.75, 3.05) is 12.3 Å². The molecule has 21 heavy (non-hydrogen) atoms. The van der Waals surface area contributed by atoms with E-state index in [9.17, 15) is 4.79 Å². The summed E-state index contributed by atoms with van der Waals surface area (Å²) in [6.07, 6.45) is 1.72. The Labute approximate surface area is 122 Å². The molecule has 1 heterocycles. The molecule has 0 fully saturated rings. The molecular weight excluding hydrogens is 264 g/mol. The molecule has 0 saturated carbocycles. The zero-order valence-electron chi connectivity index (χ0n) is 11.7. The number of benzene rings is 2. The Morgan fingerprint density at radius 3 is 2.81 bits per heavy atom. The number of hydrogen-bond donors (Lipinski definition) is 2. The molecule has 4 nitrogen and oxygen atoms in total. The van der Waals surface area contributed by atoms with Gasteiger partial charge in [-0.15, -0.1) is 0 Å². The molecule has 0 saturated heterocycles. The highest BCUT2D eigenvalue weighted by atomic mass is 16.5. The lowest BCUT2D eigenvalue weighted by atomic mass is 10.0. The molecule has 0 bridgehead atoms. The normalized spacial score (nSPS) is 10.7. The fourth-order valence-corrected chi connectivity index (χ4v) is 2.44. The fourth-order valence-electron chi connectivity index (χ4n) is 2.44. The Morgan fingerprint density at radius 2 is 2.05 bits per heavy atom. The van der Waals surface area contributed by atoms with E-state index in [1.54, 1.807) is 30.5 Å². The number of nitrogens with two attached hydrogens (primary N) is 1. The molecule has 4 heteroatoms. The van der Waals surface area contributed by atoms with E-state index >= 15 is 0 Å². The summed E-state index contributed by atoms with van der Waals surface area (Å²) in [7, 11) is 0. The summed E-state index contributed by atoms with van der Waals surface area (Å²) < 4.78 is 5.63. The lowest BCUT2D eigenvalue weighted by Crippen LogP contribution is -2.02. The second-order valence-corrected chi connectivity index (χ2v) is 4.77. The minimum atomic E-state index is -0.0688. The first-order valence-corrected chi connectivity index (χ1v) is 6.84. The van der Waals surface area contributed by atoms with Gasteiger partial charge in [0.05, 0.1) is 17.6 Å². The predicted molar refractivity (Wildman–Crippen MR) is 83.8 cm³/mol. The molecule has 2 aromatic carbocycles.